The summed E-state index contributed by atoms with van der Waals surface area (Å²) < 4.78 is 7.16. The number of nitrogens with two attached hydrogens (primary N) is 1. The summed E-state index contributed by atoms with van der Waals surface area (Å²) in [5.74, 6) is 6.37. The number of nitrogens with one attached hydrogen (secondary N) is 1. The second-order valence-electron chi connectivity index (χ2n) is 4.10. The zero-order valence-corrected chi connectivity index (χ0v) is 11.1. The van der Waals surface area contributed by atoms with Crippen LogP contribution in [-0.2, 0) is 6.54 Å². The van der Waals surface area contributed by atoms with Gasteiger partial charge >= 0.3 is 0 Å². The molecule has 0 amide bonds. The minimum absolute atomic E-state index is 0.237. The van der Waals surface area contributed by atoms with Crippen molar-refractivity contribution in [3.05, 3.63) is 35.9 Å². The van der Waals surface area contributed by atoms with E-state index in [4.69, 9.17) is 10.6 Å². The Hall–Kier alpha value is -1.99. The first-order chi connectivity index (χ1) is 9.31. The van der Waals surface area contributed by atoms with Crippen molar-refractivity contribution in [1.29, 1.82) is 0 Å². The maximum atomic E-state index is 5.69. The zero-order valence-electron chi connectivity index (χ0n) is 11.1. The first-order valence-corrected chi connectivity index (χ1v) is 6.14. The van der Waals surface area contributed by atoms with Gasteiger partial charge in [0, 0.05) is 18.3 Å². The molecule has 1 unspecified atom stereocenters. The van der Waals surface area contributed by atoms with Crippen LogP contribution in [0.1, 0.15) is 30.6 Å². The summed E-state index contributed by atoms with van der Waals surface area (Å²) >= 11 is 0. The molecule has 3 N–H and O–H groups in total. The van der Waals surface area contributed by atoms with Crippen molar-refractivity contribution in [3.8, 4) is 5.75 Å². The zero-order chi connectivity index (χ0) is 13.7. The predicted octanol–water partition coefficient (Wildman–Crippen LogP) is 0.644. The van der Waals surface area contributed by atoms with Crippen LogP contribution in [0.4, 0.5) is 0 Å². The molecule has 0 aliphatic heterocycles. The lowest BCUT2D eigenvalue weighted by Crippen LogP contribution is -2.31. The van der Waals surface area contributed by atoms with Gasteiger partial charge in [0.2, 0.25) is 0 Å². The van der Waals surface area contributed by atoms with Crippen LogP contribution in [0.3, 0.4) is 0 Å². The monoisotopic (exact) mass is 262 g/mol. The highest BCUT2D eigenvalue weighted by Crippen LogP contribution is 2.28. The fraction of sp³-hybridized carbons (Fsp3) is 0.417. The minimum atomic E-state index is -0.237. The highest BCUT2D eigenvalue weighted by molar-refractivity contribution is 5.37. The third-order valence-corrected chi connectivity index (χ3v) is 2.89. The number of hydrogen-bond acceptors (Lipinski definition) is 6. The average molecular weight is 262 g/mol. The van der Waals surface area contributed by atoms with Crippen molar-refractivity contribution < 1.29 is 4.74 Å². The molecule has 2 aromatic heterocycles. The summed E-state index contributed by atoms with van der Waals surface area (Å²) in [6, 6.07) is 1.63. The Morgan fingerprint density at radius 3 is 3.00 bits per heavy atom. The highest BCUT2D eigenvalue weighted by atomic mass is 16.5. The molecular weight excluding hydrogens is 244 g/mol. The summed E-state index contributed by atoms with van der Waals surface area (Å²) in [6.07, 6.45) is 6.05. The average Bonchev–Trinajstić information content (AvgIpc) is 2.89. The number of aryl methyl sites for hydroxylation is 1. The molecule has 0 fully saturated rings. The maximum absolute atomic E-state index is 5.69. The second-order valence-corrected chi connectivity index (χ2v) is 4.10. The van der Waals surface area contributed by atoms with Crippen molar-refractivity contribution >= 4 is 0 Å². The number of methoxy groups -OCH3 is 1. The van der Waals surface area contributed by atoms with E-state index >= 15 is 0 Å². The van der Waals surface area contributed by atoms with E-state index in [0.29, 0.717) is 5.75 Å². The Bertz CT molecular complexity index is 526. The summed E-state index contributed by atoms with van der Waals surface area (Å²) in [5.41, 5.74) is 4.59. The molecule has 0 saturated heterocycles. The van der Waals surface area contributed by atoms with Crippen molar-refractivity contribution in [1.82, 2.24) is 25.4 Å². The van der Waals surface area contributed by atoms with Gasteiger partial charge in [-0.1, -0.05) is 12.1 Å². The van der Waals surface area contributed by atoms with E-state index in [1.165, 1.54) is 0 Å². The first-order valence-electron chi connectivity index (χ1n) is 6.14. The van der Waals surface area contributed by atoms with Crippen LogP contribution in [0.5, 0.6) is 5.75 Å². The normalized spacial score (nSPS) is 12.4. The summed E-state index contributed by atoms with van der Waals surface area (Å²) in [4.78, 5) is 4.04. The molecule has 0 aliphatic rings. The fourth-order valence-electron chi connectivity index (χ4n) is 2.01. The number of hydrazine groups is 1. The molecule has 0 bridgehead atoms. The van der Waals surface area contributed by atoms with Gasteiger partial charge in [0.15, 0.2) is 0 Å². The predicted molar refractivity (Wildman–Crippen MR) is 70.3 cm³/mol. The lowest BCUT2D eigenvalue weighted by molar-refractivity contribution is 0.399. The van der Waals surface area contributed by atoms with Crippen LogP contribution in [0.15, 0.2) is 24.7 Å². The van der Waals surface area contributed by atoms with Gasteiger partial charge in [-0.25, -0.2) is 10.1 Å². The van der Waals surface area contributed by atoms with E-state index in [-0.39, 0.29) is 6.04 Å². The molecule has 102 valence electrons. The molecule has 0 radical (unpaired) electrons. The second kappa shape index (κ2) is 6.26. The molecule has 0 saturated carbocycles. The van der Waals surface area contributed by atoms with E-state index in [0.717, 1.165) is 24.2 Å². The Kier molecular flexibility index (Phi) is 4.43. The molecule has 7 heteroatoms. The van der Waals surface area contributed by atoms with Gasteiger partial charge in [0.25, 0.3) is 0 Å². The number of nitrogens with zero attached hydrogens (tertiary/aromatic N) is 4. The molecule has 2 rings (SSSR count). The Morgan fingerprint density at radius 1 is 1.47 bits per heavy atom. The topological polar surface area (TPSA) is 90.9 Å². The number of ether oxygens (including phenoxy) is 1. The lowest BCUT2D eigenvalue weighted by atomic mass is 10.1. The van der Waals surface area contributed by atoms with Gasteiger partial charge in [0.05, 0.1) is 31.2 Å². The summed E-state index contributed by atoms with van der Waals surface area (Å²) in [6.45, 7) is 2.88. The van der Waals surface area contributed by atoms with Crippen LogP contribution in [-0.4, -0.2) is 27.1 Å². The van der Waals surface area contributed by atoms with Crippen LogP contribution in [0.25, 0.3) is 0 Å². The lowest BCUT2D eigenvalue weighted by Gasteiger charge is -2.19. The molecule has 0 aliphatic carbocycles. The largest absolute Gasteiger partial charge is 0.495 e. The van der Waals surface area contributed by atoms with Gasteiger partial charge in [-0.2, -0.15) is 0 Å². The standard InChI is InChI=1S/C12H18N6O/c1-3-6-18-10(7-15-17-18)12(16-13)9-4-5-14-8-11(9)19-2/h4-5,7-8,12,16H,3,6,13H2,1-2H3. The van der Waals surface area contributed by atoms with E-state index in [9.17, 15) is 0 Å². The Labute approximate surface area is 111 Å². The molecule has 7 nitrogen and oxygen atoms in total. The van der Waals surface area contributed by atoms with Gasteiger partial charge in [-0.3, -0.25) is 10.8 Å². The SMILES string of the molecule is CCCn1nncc1C(NN)c1ccncc1OC. The van der Waals surface area contributed by atoms with Crippen LogP contribution in [0, 0.1) is 0 Å². The van der Waals surface area contributed by atoms with Gasteiger partial charge < -0.3 is 4.74 Å². The van der Waals surface area contributed by atoms with Gasteiger partial charge in [-0.05, 0) is 12.5 Å². The Morgan fingerprint density at radius 2 is 2.32 bits per heavy atom. The Balaban J connectivity index is 2.41. The van der Waals surface area contributed by atoms with Crippen LogP contribution >= 0.6 is 0 Å². The molecule has 1 atom stereocenters. The van der Waals surface area contributed by atoms with E-state index in [1.807, 2.05) is 10.7 Å². The molecule has 0 spiro atoms. The van der Waals surface area contributed by atoms with Crippen molar-refractivity contribution in [2.75, 3.05) is 7.11 Å². The van der Waals surface area contributed by atoms with Crippen molar-refractivity contribution in [2.45, 2.75) is 25.9 Å². The quantitative estimate of drug-likeness (QED) is 0.586. The highest BCUT2D eigenvalue weighted by Gasteiger charge is 2.21. The minimum Gasteiger partial charge on any atom is -0.495 e. The number of rotatable bonds is 6. The third-order valence-electron chi connectivity index (χ3n) is 2.89. The van der Waals surface area contributed by atoms with E-state index < -0.39 is 0 Å². The number of pyridine rings is 1. The van der Waals surface area contributed by atoms with Crippen LogP contribution in [0.2, 0.25) is 0 Å². The molecule has 2 aromatic rings. The summed E-state index contributed by atoms with van der Waals surface area (Å²) in [5, 5.41) is 8.02. The number of hydrogen-bond donors (Lipinski definition) is 2. The third kappa shape index (κ3) is 2.72. The smallest absolute Gasteiger partial charge is 0.142 e. The van der Waals surface area contributed by atoms with Gasteiger partial charge in [-0.15, -0.1) is 5.10 Å². The maximum Gasteiger partial charge on any atom is 0.142 e. The van der Waals surface area contributed by atoms with Crippen molar-refractivity contribution in [2.24, 2.45) is 5.84 Å². The van der Waals surface area contributed by atoms with Crippen molar-refractivity contribution in [3.63, 3.8) is 0 Å². The van der Waals surface area contributed by atoms with E-state index in [1.54, 1.807) is 25.7 Å². The molecule has 0 aromatic carbocycles. The molecule has 19 heavy (non-hydrogen) atoms. The van der Waals surface area contributed by atoms with E-state index in [2.05, 4.69) is 27.6 Å². The van der Waals surface area contributed by atoms with Crippen LogP contribution < -0.4 is 16.0 Å². The molecule has 2 heterocycles. The first kappa shape index (κ1) is 13.4. The molecular formula is C12H18N6O. The fourth-order valence-corrected chi connectivity index (χ4v) is 2.01. The van der Waals surface area contributed by atoms with Gasteiger partial charge in [0.1, 0.15) is 5.75 Å². The number of aromatic nitrogens is 4. The summed E-state index contributed by atoms with van der Waals surface area (Å²) in [7, 11) is 1.61.